The van der Waals surface area contributed by atoms with Gasteiger partial charge in [0.1, 0.15) is 0 Å². The molecule has 2 aromatic carbocycles. The van der Waals surface area contributed by atoms with Crippen LogP contribution in [0, 0.1) is 0 Å². The van der Waals surface area contributed by atoms with Gasteiger partial charge >= 0.3 is 0 Å². The lowest BCUT2D eigenvalue weighted by Gasteiger charge is -2.15. The van der Waals surface area contributed by atoms with E-state index in [0.717, 1.165) is 22.5 Å². The second kappa shape index (κ2) is 10.9. The zero-order chi connectivity index (χ0) is 23.0. The molecule has 3 aromatic rings. The molecule has 0 aliphatic rings. The van der Waals surface area contributed by atoms with Gasteiger partial charge in [-0.2, -0.15) is 5.10 Å². The molecular weight excluding hydrogens is 424 g/mol. The van der Waals surface area contributed by atoms with Gasteiger partial charge in [0.25, 0.3) is 0 Å². The number of sulfonamides is 1. The second-order valence-corrected chi connectivity index (χ2v) is 9.64. The Hall–Kier alpha value is -3.23. The summed E-state index contributed by atoms with van der Waals surface area (Å²) in [5.74, 6) is -0.170. The predicted molar refractivity (Wildman–Crippen MR) is 128 cm³/mol. The van der Waals surface area contributed by atoms with Gasteiger partial charge in [0, 0.05) is 43.5 Å². The summed E-state index contributed by atoms with van der Waals surface area (Å²) < 4.78 is 26.6. The Morgan fingerprint density at radius 3 is 2.41 bits per heavy atom. The number of para-hydroxylation sites is 1. The molecule has 0 aliphatic carbocycles. The summed E-state index contributed by atoms with van der Waals surface area (Å²) >= 11 is 0. The van der Waals surface area contributed by atoms with Gasteiger partial charge < -0.3 is 5.32 Å². The Bertz CT molecular complexity index is 1160. The van der Waals surface area contributed by atoms with Crippen LogP contribution in [-0.2, 0) is 14.8 Å². The first kappa shape index (κ1) is 23.4. The van der Waals surface area contributed by atoms with Gasteiger partial charge in [-0.25, -0.2) is 17.4 Å². The number of aromatic nitrogens is 2. The summed E-state index contributed by atoms with van der Waals surface area (Å²) in [5.41, 5.74) is 3.50. The highest BCUT2D eigenvalue weighted by atomic mass is 32.2. The van der Waals surface area contributed by atoms with E-state index in [1.807, 2.05) is 66.9 Å². The molecule has 1 N–H and O–H groups in total. The van der Waals surface area contributed by atoms with E-state index in [0.29, 0.717) is 19.5 Å². The number of rotatable bonds is 10. The molecule has 0 aliphatic heterocycles. The van der Waals surface area contributed by atoms with E-state index in [1.165, 1.54) is 10.4 Å². The van der Waals surface area contributed by atoms with Crippen molar-refractivity contribution in [3.8, 4) is 16.9 Å². The fraction of sp³-hybridized carbons (Fsp3) is 0.250. The van der Waals surface area contributed by atoms with E-state index >= 15 is 0 Å². The molecule has 32 heavy (non-hydrogen) atoms. The van der Waals surface area contributed by atoms with Crippen LogP contribution in [0.3, 0.4) is 0 Å². The summed E-state index contributed by atoms with van der Waals surface area (Å²) in [6.07, 6.45) is 5.66. The van der Waals surface area contributed by atoms with Gasteiger partial charge in [0.05, 0.1) is 17.1 Å². The second-order valence-electron chi connectivity index (χ2n) is 7.28. The molecule has 0 atom stereocenters. The van der Waals surface area contributed by atoms with Crippen molar-refractivity contribution in [2.24, 2.45) is 0 Å². The van der Waals surface area contributed by atoms with Crippen molar-refractivity contribution in [1.82, 2.24) is 19.4 Å². The number of nitrogens with zero attached hydrogens (tertiary/aromatic N) is 3. The fourth-order valence-electron chi connectivity index (χ4n) is 3.14. The minimum absolute atomic E-state index is 0.0685. The molecule has 1 aromatic heterocycles. The summed E-state index contributed by atoms with van der Waals surface area (Å²) in [4.78, 5) is 12.3. The summed E-state index contributed by atoms with van der Waals surface area (Å²) in [5, 5.41) is 7.53. The molecule has 0 fully saturated rings. The highest BCUT2D eigenvalue weighted by Crippen LogP contribution is 2.24. The standard InChI is InChI=1S/C24H28N4O3S/c1-3-32(30,31)27(2)18-10-17-25-23(29)16-15-21-19-28(22-13-8-5-9-14-22)26-24(21)20-11-6-4-7-12-20/h4-9,11-16,19H,3,10,17-18H2,1-2H3,(H,25,29)/b16-15+. The summed E-state index contributed by atoms with van der Waals surface area (Å²) in [7, 11) is -1.65. The average Bonchev–Trinajstić information content (AvgIpc) is 3.26. The molecular formula is C24H28N4O3S. The van der Waals surface area contributed by atoms with Gasteiger partial charge in [-0.1, -0.05) is 48.5 Å². The Balaban J connectivity index is 1.68. The summed E-state index contributed by atoms with van der Waals surface area (Å²) in [6.45, 7) is 2.37. The first-order valence-corrected chi connectivity index (χ1v) is 12.1. The Labute approximate surface area is 189 Å². The minimum atomic E-state index is -3.20. The molecule has 7 nitrogen and oxygen atoms in total. The van der Waals surface area contributed by atoms with Crippen molar-refractivity contribution in [1.29, 1.82) is 0 Å². The molecule has 3 rings (SSSR count). The zero-order valence-corrected chi connectivity index (χ0v) is 19.1. The number of carbonyl (C=O) groups is 1. The van der Waals surface area contributed by atoms with E-state index in [-0.39, 0.29) is 11.7 Å². The Morgan fingerprint density at radius 2 is 1.75 bits per heavy atom. The molecule has 1 heterocycles. The normalized spacial score (nSPS) is 11.8. The molecule has 0 bridgehead atoms. The van der Waals surface area contributed by atoms with Crippen molar-refractivity contribution in [2.45, 2.75) is 13.3 Å². The maximum Gasteiger partial charge on any atom is 0.244 e. The molecule has 8 heteroatoms. The van der Waals surface area contributed by atoms with Crippen LogP contribution < -0.4 is 5.32 Å². The lowest BCUT2D eigenvalue weighted by Crippen LogP contribution is -2.32. The molecule has 0 saturated heterocycles. The van der Waals surface area contributed by atoms with E-state index in [2.05, 4.69) is 5.32 Å². The maximum absolute atomic E-state index is 12.3. The number of hydrogen-bond acceptors (Lipinski definition) is 4. The van der Waals surface area contributed by atoms with E-state index in [9.17, 15) is 13.2 Å². The molecule has 1 amide bonds. The number of hydrogen-bond donors (Lipinski definition) is 1. The number of carbonyl (C=O) groups excluding carboxylic acids is 1. The van der Waals surface area contributed by atoms with Gasteiger partial charge in [-0.3, -0.25) is 4.79 Å². The minimum Gasteiger partial charge on any atom is -0.353 e. The first-order valence-electron chi connectivity index (χ1n) is 10.5. The zero-order valence-electron chi connectivity index (χ0n) is 18.3. The van der Waals surface area contributed by atoms with Crippen molar-refractivity contribution in [3.63, 3.8) is 0 Å². The molecule has 0 spiro atoms. The molecule has 0 saturated carbocycles. The van der Waals surface area contributed by atoms with Crippen LogP contribution in [0.15, 0.2) is 72.9 Å². The lowest BCUT2D eigenvalue weighted by atomic mass is 10.1. The average molecular weight is 453 g/mol. The third kappa shape index (κ3) is 6.15. The third-order valence-corrected chi connectivity index (χ3v) is 6.88. The quantitative estimate of drug-likeness (QED) is 0.378. The van der Waals surface area contributed by atoms with Gasteiger partial charge in [0.15, 0.2) is 0 Å². The highest BCUT2D eigenvalue weighted by Gasteiger charge is 2.14. The Kier molecular flexibility index (Phi) is 7.97. The van der Waals surface area contributed by atoms with E-state index < -0.39 is 10.0 Å². The van der Waals surface area contributed by atoms with E-state index in [1.54, 1.807) is 24.7 Å². The van der Waals surface area contributed by atoms with Crippen molar-refractivity contribution >= 4 is 22.0 Å². The van der Waals surface area contributed by atoms with Crippen LogP contribution in [0.2, 0.25) is 0 Å². The largest absolute Gasteiger partial charge is 0.353 e. The third-order valence-electron chi connectivity index (χ3n) is 5.01. The van der Waals surface area contributed by atoms with Crippen molar-refractivity contribution in [2.75, 3.05) is 25.9 Å². The van der Waals surface area contributed by atoms with Crippen LogP contribution in [-0.4, -0.2) is 54.3 Å². The fourth-order valence-corrected chi connectivity index (χ4v) is 3.99. The Morgan fingerprint density at radius 1 is 1.09 bits per heavy atom. The van der Waals surface area contributed by atoms with Gasteiger partial charge in [-0.05, 0) is 31.6 Å². The van der Waals surface area contributed by atoms with Crippen molar-refractivity contribution in [3.05, 3.63) is 78.5 Å². The topological polar surface area (TPSA) is 84.3 Å². The molecule has 168 valence electrons. The van der Waals surface area contributed by atoms with Crippen LogP contribution in [0.4, 0.5) is 0 Å². The summed E-state index contributed by atoms with van der Waals surface area (Å²) in [6, 6.07) is 19.6. The van der Waals surface area contributed by atoms with Crippen molar-refractivity contribution < 1.29 is 13.2 Å². The van der Waals surface area contributed by atoms with Gasteiger partial charge in [-0.15, -0.1) is 0 Å². The van der Waals surface area contributed by atoms with Crippen LogP contribution >= 0.6 is 0 Å². The first-order chi connectivity index (χ1) is 15.4. The van der Waals surface area contributed by atoms with Gasteiger partial charge in [0.2, 0.25) is 15.9 Å². The number of amides is 1. The smallest absolute Gasteiger partial charge is 0.244 e. The molecule has 0 unspecified atom stereocenters. The van der Waals surface area contributed by atoms with E-state index in [4.69, 9.17) is 5.10 Å². The van der Waals surface area contributed by atoms with Crippen LogP contribution in [0.5, 0.6) is 0 Å². The number of benzene rings is 2. The maximum atomic E-state index is 12.3. The SMILES string of the molecule is CCS(=O)(=O)N(C)CCCNC(=O)/C=C/c1cn(-c2ccccc2)nc1-c1ccccc1. The molecule has 0 radical (unpaired) electrons. The van der Waals surface area contributed by atoms with Crippen LogP contribution in [0.1, 0.15) is 18.9 Å². The number of nitrogens with one attached hydrogen (secondary N) is 1. The predicted octanol–water partition coefficient (Wildman–Crippen LogP) is 3.34. The monoisotopic (exact) mass is 452 g/mol. The highest BCUT2D eigenvalue weighted by molar-refractivity contribution is 7.89. The lowest BCUT2D eigenvalue weighted by molar-refractivity contribution is -0.116. The van der Waals surface area contributed by atoms with Crippen LogP contribution in [0.25, 0.3) is 23.0 Å².